The lowest BCUT2D eigenvalue weighted by Gasteiger charge is -2.42. The molecular weight excluding hydrogens is 528 g/mol. The molecule has 3 aromatic rings. The number of nitrogens with zero attached hydrogens (tertiary/aromatic N) is 1. The van der Waals surface area contributed by atoms with Crippen LogP contribution in [0.5, 0.6) is 0 Å². The number of imide groups is 1. The van der Waals surface area contributed by atoms with E-state index in [0.29, 0.717) is 5.69 Å². The number of thioether (sulfide) groups is 1. The quantitative estimate of drug-likeness (QED) is 0.464. The second-order valence-corrected chi connectivity index (χ2v) is 13.1. The van der Waals surface area contributed by atoms with E-state index in [1.54, 1.807) is 23.1 Å². The number of fused-ring (bicyclic) bond motifs is 9. The van der Waals surface area contributed by atoms with E-state index in [4.69, 9.17) is 0 Å². The van der Waals surface area contributed by atoms with E-state index in [1.165, 1.54) is 21.1 Å². The Kier molecular flexibility index (Phi) is 4.27. The molecule has 2 saturated carbocycles. The minimum Gasteiger partial charge on any atom is -0.307 e. The molecule has 1 N–H and O–H groups in total. The van der Waals surface area contributed by atoms with Crippen molar-refractivity contribution in [3.05, 3.63) is 65.7 Å². The fourth-order valence-electron chi connectivity index (χ4n) is 6.65. The number of thiophene rings is 1. The van der Waals surface area contributed by atoms with Gasteiger partial charge in [-0.05, 0) is 59.9 Å². The highest BCUT2D eigenvalue weighted by Crippen LogP contribution is 2.68. The van der Waals surface area contributed by atoms with Crippen LogP contribution in [-0.4, -0.2) is 22.0 Å². The third-order valence-electron chi connectivity index (χ3n) is 7.66. The molecule has 7 atom stereocenters. The molecule has 4 aliphatic rings. The number of thiazole rings is 1. The van der Waals surface area contributed by atoms with Crippen molar-refractivity contribution in [2.75, 3.05) is 4.90 Å². The Morgan fingerprint density at radius 1 is 1.00 bits per heavy atom. The molecule has 9 heteroatoms. The summed E-state index contributed by atoms with van der Waals surface area (Å²) >= 11 is 8.19. The van der Waals surface area contributed by atoms with Crippen LogP contribution in [-0.2, 0) is 9.59 Å². The van der Waals surface area contributed by atoms with Gasteiger partial charge in [0.15, 0.2) is 0 Å². The van der Waals surface area contributed by atoms with Crippen molar-refractivity contribution in [2.45, 2.75) is 22.6 Å². The number of aromatic amines is 1. The highest BCUT2D eigenvalue weighted by atomic mass is 79.9. The van der Waals surface area contributed by atoms with Gasteiger partial charge in [0.25, 0.3) is 0 Å². The van der Waals surface area contributed by atoms with Crippen LogP contribution in [0.4, 0.5) is 5.69 Å². The lowest BCUT2D eigenvalue weighted by Crippen LogP contribution is -2.42. The lowest BCUT2D eigenvalue weighted by atomic mass is 9.69. The van der Waals surface area contributed by atoms with Crippen molar-refractivity contribution in [2.24, 2.45) is 29.6 Å². The number of aromatic nitrogens is 1. The minimum atomic E-state index is -0.252. The fourth-order valence-corrected chi connectivity index (χ4v) is 10.8. The molecule has 5 nitrogen and oxygen atoms in total. The first-order chi connectivity index (χ1) is 15.5. The molecule has 3 fully saturated rings. The molecule has 0 radical (unpaired) electrons. The van der Waals surface area contributed by atoms with Gasteiger partial charge in [-0.15, -0.1) is 23.1 Å². The maximum atomic E-state index is 13.6. The van der Waals surface area contributed by atoms with Crippen molar-refractivity contribution in [1.82, 2.24) is 4.98 Å². The van der Waals surface area contributed by atoms with Gasteiger partial charge in [0.2, 0.25) is 11.8 Å². The number of hydrogen-bond acceptors (Lipinski definition) is 6. The Balaban J connectivity index is 1.32. The highest BCUT2D eigenvalue weighted by molar-refractivity contribution is 9.10. The summed E-state index contributed by atoms with van der Waals surface area (Å²) in [7, 11) is 0. The van der Waals surface area contributed by atoms with Gasteiger partial charge in [-0.3, -0.25) is 19.3 Å². The SMILES string of the molecule is O=C1C2C3CC(C2C(=O)N1c1ccc(Br)cc1)C1C3Sc2[nH]c(=O)sc2[C@@H]1c1cccs1. The zero-order valence-corrected chi connectivity index (χ0v) is 20.6. The molecule has 32 heavy (non-hydrogen) atoms. The summed E-state index contributed by atoms with van der Waals surface area (Å²) in [5, 5.41) is 3.29. The van der Waals surface area contributed by atoms with E-state index in [-0.39, 0.29) is 57.4 Å². The van der Waals surface area contributed by atoms with Crippen LogP contribution in [0.3, 0.4) is 0 Å². The number of carbonyl (C=O) groups is 2. The molecule has 2 aliphatic heterocycles. The standard InChI is InChI=1S/C23H17BrN2O3S3/c24-9-3-5-10(6-4-9)26-21(27)15-11-8-12(16(15)22(26)28)18-14(11)17(13-2-1-7-30-13)19-20(31-18)25-23(29)32-19/h1-7,11-12,14-18H,8H2,(H,25,29)/t11?,12?,14?,15?,16?,17-,18?/m1/s1. The lowest BCUT2D eigenvalue weighted by molar-refractivity contribution is -0.123. The number of anilines is 1. The summed E-state index contributed by atoms with van der Waals surface area (Å²) in [6.45, 7) is 0. The number of benzene rings is 1. The topological polar surface area (TPSA) is 70.2 Å². The number of hydrogen-bond donors (Lipinski definition) is 1. The largest absolute Gasteiger partial charge is 0.307 e. The third kappa shape index (κ3) is 2.53. The van der Waals surface area contributed by atoms with Crippen LogP contribution in [0.25, 0.3) is 0 Å². The molecule has 4 heterocycles. The number of H-pyrrole nitrogens is 1. The Hall–Kier alpha value is -1.68. The van der Waals surface area contributed by atoms with Gasteiger partial charge in [-0.25, -0.2) is 0 Å². The highest BCUT2D eigenvalue weighted by Gasteiger charge is 2.69. The van der Waals surface area contributed by atoms with E-state index in [2.05, 4.69) is 38.4 Å². The van der Waals surface area contributed by atoms with Crippen molar-refractivity contribution in [3.8, 4) is 0 Å². The summed E-state index contributed by atoms with van der Waals surface area (Å²) in [5.41, 5.74) is 0.658. The molecular formula is C23H17BrN2O3S3. The first-order valence-electron chi connectivity index (χ1n) is 10.6. The number of nitrogens with one attached hydrogen (secondary N) is 1. The average Bonchev–Trinajstić information content (AvgIpc) is 3.57. The summed E-state index contributed by atoms with van der Waals surface area (Å²) in [4.78, 5) is 46.2. The molecule has 7 rings (SSSR count). The van der Waals surface area contributed by atoms with Gasteiger partial charge in [0.05, 0.1) is 22.5 Å². The maximum Gasteiger partial charge on any atom is 0.305 e. The van der Waals surface area contributed by atoms with Gasteiger partial charge < -0.3 is 4.98 Å². The van der Waals surface area contributed by atoms with Crippen molar-refractivity contribution < 1.29 is 9.59 Å². The Bertz CT molecular complexity index is 1310. The van der Waals surface area contributed by atoms with E-state index in [1.807, 2.05) is 24.3 Å². The van der Waals surface area contributed by atoms with Crippen molar-refractivity contribution in [3.63, 3.8) is 0 Å². The smallest absolute Gasteiger partial charge is 0.305 e. The summed E-state index contributed by atoms with van der Waals surface area (Å²) in [6, 6.07) is 11.6. The van der Waals surface area contributed by atoms with Gasteiger partial charge in [0.1, 0.15) is 0 Å². The molecule has 2 aliphatic carbocycles. The van der Waals surface area contributed by atoms with Crippen LogP contribution < -0.4 is 9.77 Å². The Morgan fingerprint density at radius 3 is 2.47 bits per heavy atom. The molecule has 0 spiro atoms. The first kappa shape index (κ1) is 19.8. The number of carbonyl (C=O) groups excluding carboxylic acids is 2. The average molecular weight is 546 g/mol. The Morgan fingerprint density at radius 2 is 1.75 bits per heavy atom. The normalized spacial score (nSPS) is 34.7. The van der Waals surface area contributed by atoms with Crippen LogP contribution in [0.1, 0.15) is 22.1 Å². The summed E-state index contributed by atoms with van der Waals surface area (Å²) in [6.07, 6.45) is 0.921. The molecule has 2 amide bonds. The number of rotatable bonds is 2. The second-order valence-electron chi connectivity index (χ2n) is 8.96. The maximum absolute atomic E-state index is 13.6. The molecule has 2 aromatic heterocycles. The molecule has 1 aromatic carbocycles. The third-order valence-corrected chi connectivity index (χ3v) is 11.7. The predicted octanol–water partition coefficient (Wildman–Crippen LogP) is 4.94. The zero-order chi connectivity index (χ0) is 21.7. The van der Waals surface area contributed by atoms with E-state index in [9.17, 15) is 14.4 Å². The van der Waals surface area contributed by atoms with E-state index >= 15 is 0 Å². The van der Waals surface area contributed by atoms with Gasteiger partial charge in [-0.2, -0.15) is 0 Å². The number of halogens is 1. The van der Waals surface area contributed by atoms with E-state index < -0.39 is 0 Å². The minimum absolute atomic E-state index is 0.0230. The molecule has 2 bridgehead atoms. The van der Waals surface area contributed by atoms with Gasteiger partial charge in [-0.1, -0.05) is 33.3 Å². The summed E-state index contributed by atoms with van der Waals surface area (Å²) in [5.74, 6) is 0.125. The molecule has 1 saturated heterocycles. The van der Waals surface area contributed by atoms with Crippen LogP contribution in [0.15, 0.2) is 56.1 Å². The number of amides is 2. The Labute approximate surface area is 204 Å². The molecule has 162 valence electrons. The van der Waals surface area contributed by atoms with E-state index in [0.717, 1.165) is 20.8 Å². The summed E-state index contributed by atoms with van der Waals surface area (Å²) < 4.78 is 0.918. The monoisotopic (exact) mass is 544 g/mol. The van der Waals surface area contributed by atoms with Crippen molar-refractivity contribution >= 4 is 67.9 Å². The zero-order valence-electron chi connectivity index (χ0n) is 16.6. The van der Waals surface area contributed by atoms with Gasteiger partial charge >= 0.3 is 4.87 Å². The fraction of sp³-hybridized carbons (Fsp3) is 0.348. The van der Waals surface area contributed by atoms with Gasteiger partial charge in [0, 0.05) is 25.4 Å². The van der Waals surface area contributed by atoms with Crippen LogP contribution in [0.2, 0.25) is 0 Å². The van der Waals surface area contributed by atoms with Crippen molar-refractivity contribution in [1.29, 1.82) is 0 Å². The first-order valence-corrected chi connectivity index (χ1v) is 14.0. The predicted molar refractivity (Wildman–Crippen MR) is 129 cm³/mol. The van der Waals surface area contributed by atoms with Crippen LogP contribution >= 0.6 is 50.4 Å². The van der Waals surface area contributed by atoms with Crippen LogP contribution in [0, 0.1) is 29.6 Å². The molecule has 6 unspecified atom stereocenters. The second kappa shape index (κ2) is 6.91.